The average molecular weight is 828 g/mol. The number of rotatable bonds is 7. The molecule has 0 bridgehead atoms. The number of fused-ring (bicyclic) bond motifs is 4. The standard InChI is InChI=1S/C37H25NO2.C15H14.2C3H8.C2H6/c1-24(26-20-22-34-35(23-26)40-33-18-10-9-17-32(33)39-34)19-21-31(38)37-29-15-7-5-13-27(29)36(25-11-3-2-4-12-25)28-14-6-8-16-30(28)37;1-12-8-6-7-11-15(12)13(2)14-9-4-3-5-10-14;2*1-3-2;1-2/h2-23,38H,1H2;3-11H,2H2,1H3;2*3H2,1-2H3;1-2H3/b21-19-,38-31?;;;;. The molecule has 1 aliphatic heterocycles. The Bertz CT molecular complexity index is 2740. The van der Waals surface area contributed by atoms with Crippen LogP contribution in [0.2, 0.25) is 0 Å². The van der Waals surface area contributed by atoms with Crippen molar-refractivity contribution in [2.24, 2.45) is 0 Å². The van der Waals surface area contributed by atoms with Gasteiger partial charge in [0.05, 0.1) is 5.71 Å². The van der Waals surface area contributed by atoms with E-state index in [1.807, 2.05) is 105 Å². The zero-order valence-corrected chi connectivity index (χ0v) is 38.0. The third kappa shape index (κ3) is 11.6. The molecule has 9 rings (SSSR count). The number of ether oxygens (including phenoxy) is 2. The van der Waals surface area contributed by atoms with Gasteiger partial charge in [0.25, 0.3) is 0 Å². The maximum atomic E-state index is 9.18. The van der Waals surface area contributed by atoms with Crippen LogP contribution in [-0.2, 0) is 0 Å². The smallest absolute Gasteiger partial charge is 0.170 e. The van der Waals surface area contributed by atoms with E-state index in [2.05, 4.69) is 145 Å². The van der Waals surface area contributed by atoms with Crippen LogP contribution in [0.5, 0.6) is 23.0 Å². The summed E-state index contributed by atoms with van der Waals surface area (Å²) in [5.74, 6) is 2.71. The molecule has 3 heteroatoms. The minimum atomic E-state index is 0.430. The molecule has 0 radical (unpaired) electrons. The Hall–Kier alpha value is -7.23. The van der Waals surface area contributed by atoms with Gasteiger partial charge in [0, 0.05) is 5.56 Å². The topological polar surface area (TPSA) is 42.3 Å². The van der Waals surface area contributed by atoms with E-state index in [-0.39, 0.29) is 0 Å². The van der Waals surface area contributed by atoms with Crippen LogP contribution in [0.15, 0.2) is 201 Å². The highest BCUT2D eigenvalue weighted by Gasteiger charge is 2.19. The first kappa shape index (κ1) is 46.8. The number of benzene rings is 8. The van der Waals surface area contributed by atoms with E-state index in [4.69, 9.17) is 9.47 Å². The molecule has 1 heterocycles. The summed E-state index contributed by atoms with van der Waals surface area (Å²) in [6, 6.07) is 59.2. The van der Waals surface area contributed by atoms with Gasteiger partial charge in [-0.2, -0.15) is 0 Å². The minimum Gasteiger partial charge on any atom is -0.450 e. The first-order valence-corrected chi connectivity index (χ1v) is 22.1. The molecule has 0 unspecified atom stereocenters. The van der Waals surface area contributed by atoms with Gasteiger partial charge in [0.15, 0.2) is 23.0 Å². The van der Waals surface area contributed by atoms with Crippen LogP contribution in [-0.4, -0.2) is 5.71 Å². The molecule has 1 N–H and O–H groups in total. The second-order valence-electron chi connectivity index (χ2n) is 14.9. The first-order chi connectivity index (χ1) is 30.8. The quantitative estimate of drug-likeness (QED) is 0.0988. The Kier molecular flexibility index (Phi) is 17.6. The van der Waals surface area contributed by atoms with Crippen LogP contribution in [0, 0.1) is 12.3 Å². The first-order valence-electron chi connectivity index (χ1n) is 22.1. The highest BCUT2D eigenvalue weighted by atomic mass is 16.6. The lowest BCUT2D eigenvalue weighted by Gasteiger charge is -2.21. The third-order valence-corrected chi connectivity index (χ3v) is 9.91. The predicted octanol–water partition coefficient (Wildman–Crippen LogP) is 18.1. The number of aryl methyl sites for hydroxylation is 1. The summed E-state index contributed by atoms with van der Waals surface area (Å²) in [5, 5.41) is 13.6. The fourth-order valence-corrected chi connectivity index (χ4v) is 7.13. The van der Waals surface area contributed by atoms with Crippen LogP contribution >= 0.6 is 0 Å². The highest BCUT2D eigenvalue weighted by Crippen LogP contribution is 2.46. The van der Waals surface area contributed by atoms with Gasteiger partial charge in [0.1, 0.15) is 0 Å². The van der Waals surface area contributed by atoms with E-state index in [9.17, 15) is 5.41 Å². The summed E-state index contributed by atoms with van der Waals surface area (Å²) in [6.45, 7) is 23.1. The van der Waals surface area contributed by atoms with E-state index in [1.54, 1.807) is 0 Å². The summed E-state index contributed by atoms with van der Waals surface area (Å²) < 4.78 is 12.1. The normalized spacial score (nSPS) is 10.7. The summed E-state index contributed by atoms with van der Waals surface area (Å²) in [6.07, 6.45) is 6.24. The van der Waals surface area contributed by atoms with Gasteiger partial charge in [-0.25, -0.2) is 0 Å². The molecular weight excluding hydrogens is 767 g/mol. The largest absolute Gasteiger partial charge is 0.450 e. The molecule has 0 aliphatic carbocycles. The van der Waals surface area contributed by atoms with Crippen molar-refractivity contribution in [2.75, 3.05) is 0 Å². The number of para-hydroxylation sites is 2. The molecule has 63 heavy (non-hydrogen) atoms. The molecule has 8 aromatic carbocycles. The van der Waals surface area contributed by atoms with Gasteiger partial charge in [0.2, 0.25) is 0 Å². The van der Waals surface area contributed by atoms with Crippen LogP contribution in [0.4, 0.5) is 0 Å². The Morgan fingerprint density at radius 2 is 0.937 bits per heavy atom. The van der Waals surface area contributed by atoms with Crippen molar-refractivity contribution in [2.45, 2.75) is 61.3 Å². The zero-order valence-electron chi connectivity index (χ0n) is 38.0. The fraction of sp³-hybridized carbons (Fsp3) is 0.150. The van der Waals surface area contributed by atoms with Crippen LogP contribution in [0.1, 0.15) is 82.2 Å². The van der Waals surface area contributed by atoms with E-state index < -0.39 is 0 Å². The van der Waals surface area contributed by atoms with Crippen molar-refractivity contribution in [3.8, 4) is 34.1 Å². The van der Waals surface area contributed by atoms with Crippen molar-refractivity contribution < 1.29 is 9.47 Å². The Balaban J connectivity index is 0.000000270. The summed E-state index contributed by atoms with van der Waals surface area (Å²) in [7, 11) is 0. The minimum absolute atomic E-state index is 0.430. The van der Waals surface area contributed by atoms with Gasteiger partial charge in [-0.15, -0.1) is 0 Å². The van der Waals surface area contributed by atoms with Crippen molar-refractivity contribution in [3.05, 3.63) is 229 Å². The SMILES string of the molecule is C=C(/C=C\C(=N)c1c2ccccc2c(-c2ccccc2)c2ccccc12)c1ccc2c(c1)Oc1ccccc1O2.C=C(c1ccccc1)c1ccccc1C.CC.CCC.CCC. The van der Waals surface area contributed by atoms with E-state index >= 15 is 0 Å². The lowest BCUT2D eigenvalue weighted by molar-refractivity contribution is 0.359. The lowest BCUT2D eigenvalue weighted by atomic mass is 9.86. The molecule has 1 aliphatic rings. The molecule has 8 aromatic rings. The molecule has 0 amide bonds. The molecule has 0 atom stereocenters. The summed E-state index contributed by atoms with van der Waals surface area (Å²) in [4.78, 5) is 0. The van der Waals surface area contributed by atoms with Crippen LogP contribution in [0.25, 0.3) is 43.8 Å². The molecule has 0 spiro atoms. The third-order valence-electron chi connectivity index (χ3n) is 9.91. The number of hydrogen-bond acceptors (Lipinski definition) is 3. The summed E-state index contributed by atoms with van der Waals surface area (Å²) >= 11 is 0. The molecule has 0 saturated heterocycles. The molecule has 0 saturated carbocycles. The lowest BCUT2D eigenvalue weighted by Crippen LogP contribution is -2.00. The van der Waals surface area contributed by atoms with Gasteiger partial charge >= 0.3 is 0 Å². The van der Waals surface area contributed by atoms with Crippen molar-refractivity contribution in [3.63, 3.8) is 0 Å². The predicted molar refractivity (Wildman–Crippen MR) is 274 cm³/mol. The van der Waals surface area contributed by atoms with Gasteiger partial charge in [-0.05, 0) is 103 Å². The maximum Gasteiger partial charge on any atom is 0.170 e. The summed E-state index contributed by atoms with van der Waals surface area (Å²) in [5.41, 5.74) is 10.2. The fourth-order valence-electron chi connectivity index (χ4n) is 7.13. The maximum absolute atomic E-state index is 9.18. The zero-order chi connectivity index (χ0) is 45.1. The number of hydrogen-bond donors (Lipinski definition) is 1. The van der Waals surface area contributed by atoms with Gasteiger partial charge in [-0.1, -0.05) is 225 Å². The van der Waals surface area contributed by atoms with Gasteiger partial charge in [-0.3, -0.25) is 0 Å². The van der Waals surface area contributed by atoms with E-state index in [1.165, 1.54) is 35.1 Å². The monoisotopic (exact) mass is 827 g/mol. The Morgan fingerprint density at radius 1 is 0.492 bits per heavy atom. The van der Waals surface area contributed by atoms with E-state index in [0.717, 1.165) is 49.4 Å². The molecule has 0 aromatic heterocycles. The second-order valence-corrected chi connectivity index (χ2v) is 14.9. The molecule has 318 valence electrons. The van der Waals surface area contributed by atoms with Gasteiger partial charge < -0.3 is 14.9 Å². The van der Waals surface area contributed by atoms with E-state index in [0.29, 0.717) is 28.7 Å². The second kappa shape index (κ2) is 23.7. The van der Waals surface area contributed by atoms with Crippen LogP contribution < -0.4 is 9.47 Å². The van der Waals surface area contributed by atoms with Crippen molar-refractivity contribution in [1.29, 1.82) is 5.41 Å². The van der Waals surface area contributed by atoms with Crippen molar-refractivity contribution in [1.82, 2.24) is 0 Å². The molecular formula is C60H61NO2. The molecule has 0 fully saturated rings. The Morgan fingerprint density at radius 3 is 1.49 bits per heavy atom. The van der Waals surface area contributed by atoms with Crippen molar-refractivity contribution >= 4 is 38.4 Å². The Labute approximate surface area is 376 Å². The molecule has 3 nitrogen and oxygen atoms in total. The average Bonchev–Trinajstić information content (AvgIpc) is 3.33. The number of allylic oxidation sites excluding steroid dienone is 3. The highest BCUT2D eigenvalue weighted by molar-refractivity contribution is 6.27. The van der Waals surface area contributed by atoms with Crippen LogP contribution in [0.3, 0.4) is 0 Å². The number of nitrogens with one attached hydrogen (secondary N) is 1.